The van der Waals surface area contributed by atoms with Crippen LogP contribution in [-0.2, 0) is 13.8 Å². The lowest BCUT2D eigenvalue weighted by Crippen LogP contribution is -2.11. The smallest absolute Gasteiger partial charge is 0.338 e. The van der Waals surface area contributed by atoms with Gasteiger partial charge in [-0.3, -0.25) is 0 Å². The van der Waals surface area contributed by atoms with E-state index >= 15 is 0 Å². The summed E-state index contributed by atoms with van der Waals surface area (Å²) in [6, 6.07) is 2.61. The number of ether oxygens (including phenoxy) is 1. The Balaban J connectivity index is 2.33. The second kappa shape index (κ2) is 5.31. The number of hydrogen-bond donors (Lipinski definition) is 0. The monoisotopic (exact) mass is 322 g/mol. The molecule has 0 spiro atoms. The number of halogens is 2. The minimum atomic E-state index is -3.95. The van der Waals surface area contributed by atoms with Crippen molar-refractivity contribution in [3.05, 3.63) is 28.3 Å². The molecule has 0 bridgehead atoms. The molecule has 0 unspecified atom stereocenters. The molecule has 0 aromatic heterocycles. The van der Waals surface area contributed by atoms with E-state index in [0.717, 1.165) is 12.8 Å². The molecule has 19 heavy (non-hydrogen) atoms. The van der Waals surface area contributed by atoms with E-state index in [1.54, 1.807) is 0 Å². The Morgan fingerprint density at radius 2 is 2.05 bits per heavy atom. The Hall–Kier alpha value is -0.780. The molecule has 0 aliphatic heterocycles. The summed E-state index contributed by atoms with van der Waals surface area (Å²) in [6.07, 6.45) is 2.12. The third-order valence-electron chi connectivity index (χ3n) is 2.95. The van der Waals surface area contributed by atoms with Crippen LogP contribution < -0.4 is 0 Å². The van der Waals surface area contributed by atoms with E-state index in [2.05, 4.69) is 0 Å². The van der Waals surface area contributed by atoms with E-state index in [-0.39, 0.29) is 21.0 Å². The SMILES string of the molecule is Cc1c(C(=O)OCC2CC2)cc(Cl)cc1S(=O)(=O)Cl. The summed E-state index contributed by atoms with van der Waals surface area (Å²) in [5.74, 6) is -0.145. The first-order valence-corrected chi connectivity index (χ1v) is 8.39. The normalized spacial score (nSPS) is 15.3. The fourth-order valence-electron chi connectivity index (χ4n) is 1.68. The fourth-order valence-corrected chi connectivity index (χ4v) is 3.18. The Labute approximate surface area is 121 Å². The minimum absolute atomic E-state index is 0.128. The van der Waals surface area contributed by atoms with Crippen molar-refractivity contribution in [3.8, 4) is 0 Å². The highest BCUT2D eigenvalue weighted by Gasteiger charge is 2.25. The number of carbonyl (C=O) groups excluding carboxylic acids is 1. The molecule has 0 heterocycles. The van der Waals surface area contributed by atoms with Crippen molar-refractivity contribution in [3.63, 3.8) is 0 Å². The molecule has 0 radical (unpaired) electrons. The summed E-state index contributed by atoms with van der Waals surface area (Å²) in [5.41, 5.74) is 0.382. The van der Waals surface area contributed by atoms with E-state index < -0.39 is 15.0 Å². The van der Waals surface area contributed by atoms with Gasteiger partial charge in [0.15, 0.2) is 0 Å². The third kappa shape index (κ3) is 3.61. The van der Waals surface area contributed by atoms with Gasteiger partial charge in [0.25, 0.3) is 9.05 Å². The van der Waals surface area contributed by atoms with Crippen molar-refractivity contribution >= 4 is 37.3 Å². The molecule has 1 aliphatic rings. The Morgan fingerprint density at radius 1 is 1.42 bits per heavy atom. The van der Waals surface area contributed by atoms with Gasteiger partial charge >= 0.3 is 5.97 Å². The lowest BCUT2D eigenvalue weighted by atomic mass is 10.1. The molecule has 1 aliphatic carbocycles. The van der Waals surface area contributed by atoms with Crippen molar-refractivity contribution < 1.29 is 17.9 Å². The van der Waals surface area contributed by atoms with Gasteiger partial charge in [0.1, 0.15) is 0 Å². The number of hydrogen-bond acceptors (Lipinski definition) is 4. The summed E-state index contributed by atoms with van der Waals surface area (Å²) >= 11 is 5.82. The molecular formula is C12H12Cl2O4S. The maximum absolute atomic E-state index is 11.9. The van der Waals surface area contributed by atoms with Crippen LogP contribution in [0.15, 0.2) is 17.0 Å². The van der Waals surface area contributed by atoms with Crippen LogP contribution in [0, 0.1) is 12.8 Å². The van der Waals surface area contributed by atoms with Gasteiger partial charge in [-0.05, 0) is 43.4 Å². The van der Waals surface area contributed by atoms with Crippen molar-refractivity contribution in [1.29, 1.82) is 0 Å². The number of carbonyl (C=O) groups is 1. The largest absolute Gasteiger partial charge is 0.462 e. The summed E-state index contributed by atoms with van der Waals surface area (Å²) in [4.78, 5) is 11.7. The molecule has 7 heteroatoms. The highest BCUT2D eigenvalue weighted by molar-refractivity contribution is 8.13. The maximum atomic E-state index is 11.9. The summed E-state index contributed by atoms with van der Waals surface area (Å²) < 4.78 is 27.9. The molecule has 1 fully saturated rings. The van der Waals surface area contributed by atoms with Crippen molar-refractivity contribution in [2.75, 3.05) is 6.61 Å². The topological polar surface area (TPSA) is 60.4 Å². The predicted molar refractivity (Wildman–Crippen MR) is 72.2 cm³/mol. The van der Waals surface area contributed by atoms with Crippen LogP contribution in [0.25, 0.3) is 0 Å². The van der Waals surface area contributed by atoms with Crippen molar-refractivity contribution in [1.82, 2.24) is 0 Å². The Kier molecular flexibility index (Phi) is 4.08. The number of benzene rings is 1. The number of esters is 1. The highest BCUT2D eigenvalue weighted by atomic mass is 35.7. The second-order valence-corrected chi connectivity index (χ2v) is 7.53. The van der Waals surface area contributed by atoms with Crippen LogP contribution >= 0.6 is 22.3 Å². The zero-order chi connectivity index (χ0) is 14.2. The van der Waals surface area contributed by atoms with Crippen LogP contribution in [-0.4, -0.2) is 21.0 Å². The van der Waals surface area contributed by atoms with Gasteiger partial charge in [0.05, 0.1) is 17.1 Å². The third-order valence-corrected chi connectivity index (χ3v) is 4.62. The van der Waals surface area contributed by atoms with E-state index in [9.17, 15) is 13.2 Å². The standard InChI is InChI=1S/C12H12Cl2O4S/c1-7-10(12(15)18-6-8-2-3-8)4-9(13)5-11(7)19(14,16)17/h4-5,8H,2-3,6H2,1H3. The van der Waals surface area contributed by atoms with Gasteiger partial charge < -0.3 is 4.74 Å². The van der Waals surface area contributed by atoms with E-state index in [4.69, 9.17) is 27.0 Å². The zero-order valence-electron chi connectivity index (χ0n) is 10.2. The molecule has 1 aromatic rings. The second-order valence-electron chi connectivity index (χ2n) is 4.56. The van der Waals surface area contributed by atoms with Crippen LogP contribution in [0.3, 0.4) is 0 Å². The first kappa shape index (κ1) is 14.6. The fraction of sp³-hybridized carbons (Fsp3) is 0.417. The highest BCUT2D eigenvalue weighted by Crippen LogP contribution is 2.30. The van der Waals surface area contributed by atoms with Gasteiger partial charge in [-0.15, -0.1) is 0 Å². The molecule has 1 aromatic carbocycles. The van der Waals surface area contributed by atoms with Crippen LogP contribution in [0.4, 0.5) is 0 Å². The summed E-state index contributed by atoms with van der Waals surface area (Å²) in [5, 5.41) is 0.128. The van der Waals surface area contributed by atoms with Gasteiger partial charge in [-0.25, -0.2) is 13.2 Å². The molecule has 104 valence electrons. The van der Waals surface area contributed by atoms with E-state index in [1.807, 2.05) is 0 Å². The molecule has 4 nitrogen and oxygen atoms in total. The summed E-state index contributed by atoms with van der Waals surface area (Å²) in [6.45, 7) is 1.85. The first-order valence-electron chi connectivity index (χ1n) is 5.71. The van der Waals surface area contributed by atoms with Crippen LogP contribution in [0.5, 0.6) is 0 Å². The minimum Gasteiger partial charge on any atom is -0.462 e. The molecular weight excluding hydrogens is 311 g/mol. The Morgan fingerprint density at radius 3 is 2.58 bits per heavy atom. The van der Waals surface area contributed by atoms with Crippen molar-refractivity contribution in [2.24, 2.45) is 5.92 Å². The van der Waals surface area contributed by atoms with Crippen molar-refractivity contribution in [2.45, 2.75) is 24.7 Å². The molecule has 0 atom stereocenters. The molecule has 0 N–H and O–H groups in total. The first-order chi connectivity index (χ1) is 8.79. The summed E-state index contributed by atoms with van der Waals surface area (Å²) in [7, 11) is 1.36. The van der Waals surface area contributed by atoms with Gasteiger partial charge in [-0.2, -0.15) is 0 Å². The van der Waals surface area contributed by atoms with Crippen LogP contribution in [0.1, 0.15) is 28.8 Å². The number of rotatable bonds is 4. The van der Waals surface area contributed by atoms with Gasteiger partial charge in [0, 0.05) is 15.7 Å². The zero-order valence-corrected chi connectivity index (χ0v) is 12.5. The van der Waals surface area contributed by atoms with E-state index in [1.165, 1.54) is 19.1 Å². The quantitative estimate of drug-likeness (QED) is 0.631. The Bertz CT molecular complexity index is 621. The molecule has 1 saturated carbocycles. The maximum Gasteiger partial charge on any atom is 0.338 e. The molecule has 2 rings (SSSR count). The average molecular weight is 323 g/mol. The lowest BCUT2D eigenvalue weighted by Gasteiger charge is -2.10. The van der Waals surface area contributed by atoms with E-state index in [0.29, 0.717) is 12.5 Å². The lowest BCUT2D eigenvalue weighted by molar-refractivity contribution is 0.0485. The molecule has 0 amide bonds. The van der Waals surface area contributed by atoms with Gasteiger partial charge in [-0.1, -0.05) is 11.6 Å². The van der Waals surface area contributed by atoms with Gasteiger partial charge in [0.2, 0.25) is 0 Å². The molecule has 0 saturated heterocycles. The van der Waals surface area contributed by atoms with Crippen LogP contribution in [0.2, 0.25) is 5.02 Å². The predicted octanol–water partition coefficient (Wildman–Crippen LogP) is 3.14. The average Bonchev–Trinajstić information content (AvgIpc) is 3.11.